The van der Waals surface area contributed by atoms with E-state index >= 15 is 0 Å². The summed E-state index contributed by atoms with van der Waals surface area (Å²) < 4.78 is 3.58. The van der Waals surface area contributed by atoms with Crippen LogP contribution < -0.4 is 10.8 Å². The predicted molar refractivity (Wildman–Crippen MR) is 112 cm³/mol. The molecule has 2 bridgehead atoms. The van der Waals surface area contributed by atoms with E-state index in [1.54, 1.807) is 22.4 Å². The number of thioether (sulfide) groups is 1. The second kappa shape index (κ2) is 8.25. The summed E-state index contributed by atoms with van der Waals surface area (Å²) in [5.74, 6) is 1.24. The van der Waals surface area contributed by atoms with Crippen molar-refractivity contribution in [3.63, 3.8) is 0 Å². The molecule has 4 heterocycles. The molecule has 2 aromatic heterocycles. The Bertz CT molecular complexity index is 927. The first-order valence-corrected chi connectivity index (χ1v) is 11.2. The van der Waals surface area contributed by atoms with Gasteiger partial charge in [0.1, 0.15) is 11.7 Å². The van der Waals surface area contributed by atoms with Gasteiger partial charge in [0.25, 0.3) is 5.56 Å². The molecule has 8 nitrogen and oxygen atoms in total. The molecule has 1 fully saturated rings. The van der Waals surface area contributed by atoms with E-state index in [9.17, 15) is 14.8 Å². The highest BCUT2D eigenvalue weighted by Crippen LogP contribution is 2.36. The van der Waals surface area contributed by atoms with Gasteiger partial charge in [-0.2, -0.15) is 11.8 Å². The number of fused-ring (bicyclic) bond motifs is 4. The number of carbonyl (C=O) groups excluding carboxylic acids is 1. The van der Waals surface area contributed by atoms with E-state index in [1.165, 1.54) is 6.07 Å². The zero-order valence-corrected chi connectivity index (χ0v) is 17.1. The molecule has 0 saturated carbocycles. The van der Waals surface area contributed by atoms with Crippen LogP contribution in [0.2, 0.25) is 0 Å². The lowest BCUT2D eigenvalue weighted by Gasteiger charge is -2.44. The van der Waals surface area contributed by atoms with Gasteiger partial charge < -0.3 is 24.5 Å². The maximum Gasteiger partial charge on any atom is 0.275 e. The summed E-state index contributed by atoms with van der Waals surface area (Å²) in [4.78, 5) is 27.9. The van der Waals surface area contributed by atoms with Crippen LogP contribution in [0.5, 0.6) is 0 Å². The largest absolute Gasteiger partial charge is 0.733 e. The molecule has 2 aromatic rings. The summed E-state index contributed by atoms with van der Waals surface area (Å²) >= 11 is 1.73. The molecule has 9 heteroatoms. The molecular weight excluding hydrogens is 392 g/mol. The Kier molecular flexibility index (Phi) is 5.71. The normalized spacial score (nSPS) is 21.6. The summed E-state index contributed by atoms with van der Waals surface area (Å²) in [5, 5.41) is 20.0. The van der Waals surface area contributed by atoms with Crippen molar-refractivity contribution in [1.82, 2.24) is 14.0 Å². The highest BCUT2D eigenvalue weighted by atomic mass is 32.2. The highest BCUT2D eigenvalue weighted by molar-refractivity contribution is 7.98. The number of anilines is 1. The molecule has 0 radical (unpaired) electrons. The Labute approximate surface area is 173 Å². The van der Waals surface area contributed by atoms with Gasteiger partial charge in [-0.1, -0.05) is 0 Å². The molecule has 1 N–H and O–H groups in total. The zero-order chi connectivity index (χ0) is 20.5. The Morgan fingerprint density at radius 1 is 1.31 bits per heavy atom. The SMILES string of the molecule is CSCC[C@@H](C(=O)N1C[C@H]2C[C@@H](C1)c1ccc(N([O-])O)c(=O)n1C2)n1cccc1. The third-order valence-corrected chi connectivity index (χ3v) is 6.61. The van der Waals surface area contributed by atoms with Crippen LogP contribution in [0.15, 0.2) is 41.5 Å². The lowest BCUT2D eigenvalue weighted by molar-refractivity contribution is -0.137. The molecule has 156 valence electrons. The van der Waals surface area contributed by atoms with E-state index in [4.69, 9.17) is 5.21 Å². The average Bonchev–Trinajstić information content (AvgIpc) is 3.23. The van der Waals surface area contributed by atoms with Crippen LogP contribution in [-0.2, 0) is 11.3 Å². The number of carbonyl (C=O) groups is 1. The quantitative estimate of drug-likeness (QED) is 0.725. The lowest BCUT2D eigenvalue weighted by atomic mass is 9.82. The fraction of sp³-hybridized carbons (Fsp3) is 0.500. The number of likely N-dealkylation sites (tertiary alicyclic amines) is 1. The molecular formula is C20H25N4O4S-. The number of nitrogens with zero attached hydrogens (tertiary/aromatic N) is 4. The molecule has 2 aliphatic rings. The minimum absolute atomic E-state index is 0.0536. The van der Waals surface area contributed by atoms with Gasteiger partial charge >= 0.3 is 0 Å². The number of piperidine rings is 1. The van der Waals surface area contributed by atoms with Gasteiger partial charge in [-0.15, -0.1) is 0 Å². The summed E-state index contributed by atoms with van der Waals surface area (Å²) in [6.07, 6.45) is 7.61. The third-order valence-electron chi connectivity index (χ3n) is 5.97. The van der Waals surface area contributed by atoms with Gasteiger partial charge in [-0.25, -0.2) is 0 Å². The molecule has 0 aromatic carbocycles. The molecule has 0 spiro atoms. The standard InChI is InChI=1S/C20H25N4O4S/c1-29-9-6-17(21-7-2-3-8-21)19(25)22-11-14-10-15(13-22)16-4-5-18(24(27)28)20(26)23(16)12-14/h2-5,7-8,14-15,17,27H,6,9-13H2,1H3/q-1/t14-,15+,17+/m1/s1. The second-order valence-electron chi connectivity index (χ2n) is 7.80. The van der Waals surface area contributed by atoms with E-state index < -0.39 is 5.56 Å². The van der Waals surface area contributed by atoms with Gasteiger partial charge in [0.15, 0.2) is 0 Å². The van der Waals surface area contributed by atoms with E-state index in [0.29, 0.717) is 19.6 Å². The van der Waals surface area contributed by atoms with Crippen LogP contribution in [0.25, 0.3) is 0 Å². The molecule has 4 rings (SSSR count). The van der Waals surface area contributed by atoms with E-state index in [1.807, 2.05) is 40.2 Å². The summed E-state index contributed by atoms with van der Waals surface area (Å²) in [6.45, 7) is 1.61. The zero-order valence-electron chi connectivity index (χ0n) is 16.3. The van der Waals surface area contributed by atoms with Crippen molar-refractivity contribution in [2.75, 3.05) is 30.3 Å². The van der Waals surface area contributed by atoms with Gasteiger partial charge in [-0.05, 0) is 55.0 Å². The van der Waals surface area contributed by atoms with Crippen molar-refractivity contribution in [1.29, 1.82) is 0 Å². The highest BCUT2D eigenvalue weighted by Gasteiger charge is 2.38. The molecule has 29 heavy (non-hydrogen) atoms. The fourth-order valence-electron chi connectivity index (χ4n) is 4.66. The molecule has 3 atom stereocenters. The summed E-state index contributed by atoms with van der Waals surface area (Å²) in [7, 11) is 0. The minimum Gasteiger partial charge on any atom is -0.733 e. The number of aromatic nitrogens is 2. The van der Waals surface area contributed by atoms with Crippen molar-refractivity contribution < 1.29 is 10.0 Å². The minimum atomic E-state index is -0.473. The van der Waals surface area contributed by atoms with Crippen LogP contribution in [0.1, 0.15) is 30.5 Å². The third kappa shape index (κ3) is 3.82. The van der Waals surface area contributed by atoms with Crippen LogP contribution in [0.4, 0.5) is 5.69 Å². The average molecular weight is 418 g/mol. The predicted octanol–water partition coefficient (Wildman–Crippen LogP) is 2.28. The molecule has 0 unspecified atom stereocenters. The monoisotopic (exact) mass is 417 g/mol. The number of hydrogen-bond acceptors (Lipinski definition) is 6. The van der Waals surface area contributed by atoms with E-state index in [-0.39, 0.29) is 34.7 Å². The first-order valence-electron chi connectivity index (χ1n) is 9.79. The van der Waals surface area contributed by atoms with Crippen molar-refractivity contribution >= 4 is 23.4 Å². The smallest absolute Gasteiger partial charge is 0.275 e. The first-order chi connectivity index (χ1) is 14.0. The Morgan fingerprint density at radius 2 is 2.07 bits per heavy atom. The van der Waals surface area contributed by atoms with Crippen molar-refractivity contribution in [2.45, 2.75) is 31.3 Å². The maximum atomic E-state index is 13.4. The van der Waals surface area contributed by atoms with Crippen LogP contribution >= 0.6 is 11.8 Å². The Balaban J connectivity index is 1.58. The topological polar surface area (TPSA) is 93.8 Å². The van der Waals surface area contributed by atoms with E-state index in [2.05, 4.69) is 0 Å². The number of rotatable bonds is 6. The number of amides is 1. The summed E-state index contributed by atoms with van der Waals surface area (Å²) in [6, 6.07) is 6.74. The molecule has 2 aliphatic heterocycles. The summed E-state index contributed by atoms with van der Waals surface area (Å²) in [5.41, 5.74) is 0.0852. The van der Waals surface area contributed by atoms with Crippen molar-refractivity contribution in [3.05, 3.63) is 57.9 Å². The second-order valence-corrected chi connectivity index (χ2v) is 8.79. The number of pyridine rings is 1. The Hall–Kier alpha value is -2.23. The first kappa shape index (κ1) is 20.1. The molecule has 1 amide bonds. The fourth-order valence-corrected chi connectivity index (χ4v) is 5.11. The molecule has 0 aliphatic carbocycles. The van der Waals surface area contributed by atoms with Crippen LogP contribution in [0.3, 0.4) is 0 Å². The van der Waals surface area contributed by atoms with Crippen molar-refractivity contribution in [3.8, 4) is 0 Å². The van der Waals surface area contributed by atoms with E-state index in [0.717, 1.165) is 24.3 Å². The molecule has 1 saturated heterocycles. The number of hydrogen-bond donors (Lipinski definition) is 1. The van der Waals surface area contributed by atoms with Gasteiger partial charge in [0.05, 0.1) is 0 Å². The van der Waals surface area contributed by atoms with Crippen LogP contribution in [-0.4, -0.2) is 50.2 Å². The van der Waals surface area contributed by atoms with Gasteiger partial charge in [0, 0.05) is 43.6 Å². The van der Waals surface area contributed by atoms with Gasteiger partial charge in [0.2, 0.25) is 5.91 Å². The lowest BCUT2D eigenvalue weighted by Crippen LogP contribution is -2.51. The Morgan fingerprint density at radius 3 is 2.76 bits per heavy atom. The van der Waals surface area contributed by atoms with Crippen molar-refractivity contribution in [2.24, 2.45) is 5.92 Å². The van der Waals surface area contributed by atoms with Gasteiger partial charge in [-0.3, -0.25) is 14.8 Å². The van der Waals surface area contributed by atoms with Crippen LogP contribution in [0, 0.1) is 11.1 Å². The maximum absolute atomic E-state index is 13.4.